The maximum absolute atomic E-state index is 5.92. The van der Waals surface area contributed by atoms with Gasteiger partial charge in [-0.05, 0) is 60.6 Å². The van der Waals surface area contributed by atoms with Gasteiger partial charge in [-0.25, -0.2) is 0 Å². The van der Waals surface area contributed by atoms with E-state index in [2.05, 4.69) is 23.1 Å². The van der Waals surface area contributed by atoms with E-state index in [1.807, 2.05) is 11.3 Å². The monoisotopic (exact) mass is 361 g/mol. The van der Waals surface area contributed by atoms with Gasteiger partial charge in [0.15, 0.2) is 11.5 Å². The van der Waals surface area contributed by atoms with Gasteiger partial charge in [0.25, 0.3) is 0 Å². The maximum atomic E-state index is 5.92. The minimum Gasteiger partial charge on any atom is -0.454 e. The number of fused-ring (bicyclic) bond motifs is 5. The maximum Gasteiger partial charge on any atom is 0.231 e. The number of alkyl halides is 1. The van der Waals surface area contributed by atoms with Crippen molar-refractivity contribution in [3.05, 3.63) is 44.6 Å². The molecule has 126 valence electrons. The van der Waals surface area contributed by atoms with Crippen molar-refractivity contribution in [3.8, 4) is 11.5 Å². The van der Waals surface area contributed by atoms with Crippen LogP contribution in [0.1, 0.15) is 38.9 Å². The third-order valence-corrected chi connectivity index (χ3v) is 6.90. The zero-order chi connectivity index (χ0) is 16.1. The van der Waals surface area contributed by atoms with E-state index in [0.717, 1.165) is 43.9 Å². The number of aryl methyl sites for hydroxylation is 2. The first kappa shape index (κ1) is 15.1. The Morgan fingerprint density at radius 1 is 1.12 bits per heavy atom. The second kappa shape index (κ2) is 5.94. The lowest BCUT2D eigenvalue weighted by Crippen LogP contribution is -2.34. The summed E-state index contributed by atoms with van der Waals surface area (Å²) in [6.07, 6.45) is 4.43. The van der Waals surface area contributed by atoms with Crippen molar-refractivity contribution in [1.29, 1.82) is 0 Å². The second-order valence-electron chi connectivity index (χ2n) is 6.78. The van der Waals surface area contributed by atoms with Crippen molar-refractivity contribution in [2.24, 2.45) is 0 Å². The van der Waals surface area contributed by atoms with E-state index in [0.29, 0.717) is 18.7 Å². The van der Waals surface area contributed by atoms with Crippen molar-refractivity contribution in [3.63, 3.8) is 0 Å². The van der Waals surface area contributed by atoms with Crippen molar-refractivity contribution in [2.75, 3.05) is 19.2 Å². The molecule has 1 atom stereocenters. The molecule has 0 fully saturated rings. The summed E-state index contributed by atoms with van der Waals surface area (Å²) in [6.45, 7) is 2.54. The van der Waals surface area contributed by atoms with Crippen LogP contribution in [-0.2, 0) is 25.8 Å². The van der Waals surface area contributed by atoms with Crippen LogP contribution >= 0.6 is 22.9 Å². The predicted octanol–water partition coefficient (Wildman–Crippen LogP) is 4.30. The highest BCUT2D eigenvalue weighted by molar-refractivity contribution is 7.12. The summed E-state index contributed by atoms with van der Waals surface area (Å²) in [7, 11) is 0. The van der Waals surface area contributed by atoms with Crippen LogP contribution in [0.4, 0.5) is 0 Å². The molecular formula is C19H20ClNO2S. The number of thiophene rings is 1. The summed E-state index contributed by atoms with van der Waals surface area (Å²) >= 11 is 7.88. The second-order valence-corrected chi connectivity index (χ2v) is 8.38. The summed E-state index contributed by atoms with van der Waals surface area (Å²) in [5, 5.41) is 0. The van der Waals surface area contributed by atoms with E-state index in [-0.39, 0.29) is 0 Å². The van der Waals surface area contributed by atoms with Crippen molar-refractivity contribution in [2.45, 2.75) is 38.3 Å². The Labute approximate surface area is 151 Å². The zero-order valence-electron chi connectivity index (χ0n) is 13.5. The molecule has 1 aromatic carbocycles. The molecule has 0 saturated carbocycles. The molecule has 0 aliphatic carbocycles. The first-order valence-electron chi connectivity index (χ1n) is 8.64. The Hall–Kier alpha value is -1.23. The minimum absolute atomic E-state index is 0.354. The summed E-state index contributed by atoms with van der Waals surface area (Å²) in [5.41, 5.74) is 4.40. The van der Waals surface area contributed by atoms with Crippen molar-refractivity contribution in [1.82, 2.24) is 4.90 Å². The summed E-state index contributed by atoms with van der Waals surface area (Å²) in [6, 6.07) is 7.32. The fraction of sp³-hybridized carbons (Fsp3) is 0.474. The molecule has 2 aromatic rings. The third kappa shape index (κ3) is 2.43. The lowest BCUT2D eigenvalue weighted by molar-refractivity contribution is 0.172. The van der Waals surface area contributed by atoms with E-state index >= 15 is 0 Å². The summed E-state index contributed by atoms with van der Waals surface area (Å²) in [5.74, 6) is 2.55. The van der Waals surface area contributed by atoms with Crippen LogP contribution in [-0.4, -0.2) is 24.1 Å². The fourth-order valence-corrected chi connectivity index (χ4v) is 5.76. The number of rotatable bonds is 2. The number of hydrogen-bond donors (Lipinski definition) is 0. The Balaban J connectivity index is 1.47. The number of halogens is 1. The standard InChI is InChI=1S/C19H20ClNO2S/c20-5-3-14-7-13-10-21-6-4-12-8-17-18(23-11-22-17)9-15(12)16(21)1-2-19(13)24-14/h7-9,16H,1-6,10-11H2/t16-/m0/s1. The van der Waals surface area contributed by atoms with Gasteiger partial charge in [-0.1, -0.05) is 0 Å². The molecule has 24 heavy (non-hydrogen) atoms. The molecule has 3 nitrogen and oxygen atoms in total. The van der Waals surface area contributed by atoms with Crippen molar-refractivity contribution < 1.29 is 9.47 Å². The normalized spacial score (nSPS) is 21.8. The predicted molar refractivity (Wildman–Crippen MR) is 96.5 cm³/mol. The molecule has 0 spiro atoms. The first-order chi connectivity index (χ1) is 11.8. The molecule has 0 saturated heterocycles. The largest absolute Gasteiger partial charge is 0.454 e. The highest BCUT2D eigenvalue weighted by Gasteiger charge is 2.32. The van der Waals surface area contributed by atoms with E-state index in [1.165, 1.54) is 28.0 Å². The van der Waals surface area contributed by atoms with Gasteiger partial charge < -0.3 is 9.47 Å². The molecule has 0 bridgehead atoms. The minimum atomic E-state index is 0.354. The molecule has 0 radical (unpaired) electrons. The third-order valence-electron chi connectivity index (χ3n) is 5.41. The zero-order valence-corrected chi connectivity index (χ0v) is 15.1. The molecule has 0 unspecified atom stereocenters. The van der Waals surface area contributed by atoms with Gasteiger partial charge in [0, 0.05) is 34.8 Å². The lowest BCUT2D eigenvalue weighted by atomic mass is 9.90. The molecular weight excluding hydrogens is 342 g/mol. The van der Waals surface area contributed by atoms with Gasteiger partial charge in [-0.15, -0.1) is 22.9 Å². The van der Waals surface area contributed by atoms with Crippen LogP contribution in [0.15, 0.2) is 18.2 Å². The summed E-state index contributed by atoms with van der Waals surface area (Å²) < 4.78 is 11.2. The molecule has 3 aliphatic heterocycles. The summed E-state index contributed by atoms with van der Waals surface area (Å²) in [4.78, 5) is 5.65. The smallest absolute Gasteiger partial charge is 0.231 e. The van der Waals surface area contributed by atoms with Crippen LogP contribution in [0.2, 0.25) is 0 Å². The van der Waals surface area contributed by atoms with Gasteiger partial charge >= 0.3 is 0 Å². The van der Waals surface area contributed by atoms with E-state index in [1.54, 1.807) is 4.88 Å². The molecule has 4 heterocycles. The molecule has 5 rings (SSSR count). The van der Waals surface area contributed by atoms with Crippen LogP contribution in [0.3, 0.4) is 0 Å². The molecule has 3 aliphatic rings. The Kier molecular flexibility index (Phi) is 3.73. The van der Waals surface area contributed by atoms with Crippen LogP contribution in [0, 0.1) is 0 Å². The highest BCUT2D eigenvalue weighted by atomic mass is 35.5. The van der Waals surface area contributed by atoms with E-state index in [9.17, 15) is 0 Å². The molecule has 1 aromatic heterocycles. The van der Waals surface area contributed by atoms with E-state index < -0.39 is 0 Å². The highest BCUT2D eigenvalue weighted by Crippen LogP contribution is 2.44. The Morgan fingerprint density at radius 2 is 2.00 bits per heavy atom. The Morgan fingerprint density at radius 3 is 2.88 bits per heavy atom. The number of hydrogen-bond acceptors (Lipinski definition) is 4. The lowest BCUT2D eigenvalue weighted by Gasteiger charge is -2.36. The first-order valence-corrected chi connectivity index (χ1v) is 10.00. The van der Waals surface area contributed by atoms with Crippen LogP contribution in [0.5, 0.6) is 11.5 Å². The van der Waals surface area contributed by atoms with Crippen LogP contribution in [0.25, 0.3) is 0 Å². The SMILES string of the molecule is ClCCc1cc2c(s1)CC[C@H]1c3cc4c(cc3CCN1C2)OCO4. The molecule has 0 amide bonds. The van der Waals surface area contributed by atoms with E-state index in [4.69, 9.17) is 21.1 Å². The Bertz CT molecular complexity index is 788. The number of nitrogens with zero attached hydrogens (tertiary/aromatic N) is 1. The quantitative estimate of drug-likeness (QED) is 0.744. The topological polar surface area (TPSA) is 21.7 Å². The molecule has 0 N–H and O–H groups in total. The van der Waals surface area contributed by atoms with Gasteiger partial charge in [0.2, 0.25) is 6.79 Å². The average molecular weight is 362 g/mol. The van der Waals surface area contributed by atoms with Crippen LogP contribution < -0.4 is 9.47 Å². The number of benzene rings is 1. The fourth-order valence-electron chi connectivity index (χ4n) is 4.25. The van der Waals surface area contributed by atoms with Crippen molar-refractivity contribution >= 4 is 22.9 Å². The van der Waals surface area contributed by atoms with Gasteiger partial charge in [0.1, 0.15) is 0 Å². The molecule has 5 heteroatoms. The van der Waals surface area contributed by atoms with Gasteiger partial charge in [-0.2, -0.15) is 0 Å². The van der Waals surface area contributed by atoms with Gasteiger partial charge in [0.05, 0.1) is 0 Å². The van der Waals surface area contributed by atoms with Gasteiger partial charge in [-0.3, -0.25) is 4.90 Å². The average Bonchev–Trinajstić information content (AvgIpc) is 3.15. The number of ether oxygens (including phenoxy) is 2.